The fourth-order valence-electron chi connectivity index (χ4n) is 2.46. The van der Waals surface area contributed by atoms with Crippen LogP contribution in [0.25, 0.3) is 0 Å². The first-order chi connectivity index (χ1) is 10.2. The zero-order valence-corrected chi connectivity index (χ0v) is 12.3. The van der Waals surface area contributed by atoms with Crippen LogP contribution in [0.4, 0.5) is 0 Å². The molecule has 2 fully saturated rings. The van der Waals surface area contributed by atoms with Crippen molar-refractivity contribution in [2.45, 2.75) is 38.9 Å². The Morgan fingerprint density at radius 2 is 1.81 bits per heavy atom. The first-order valence-electron chi connectivity index (χ1n) is 7.52. The lowest BCUT2D eigenvalue weighted by Crippen LogP contribution is -2.53. The molecule has 2 heterocycles. The molecule has 2 aliphatic rings. The number of likely N-dealkylation sites (N-methyl/N-ethyl adjacent to an activating group) is 1. The van der Waals surface area contributed by atoms with Crippen LogP contribution >= 0.6 is 0 Å². The van der Waals surface area contributed by atoms with E-state index in [-0.39, 0.29) is 24.9 Å². The number of carbonyl (C=O) groups is 2. The van der Waals surface area contributed by atoms with Crippen LogP contribution < -0.4 is 5.32 Å². The molecule has 0 atom stereocenters. The standard InChI is InChI=1S/C15H21N3O3/c1-2-17-9-15(20)18(10-14(17)19)8-13-6-5-12(21-13)7-16-11-3-4-11/h5-6,11,16H,2-4,7-10H2,1H3. The highest BCUT2D eigenvalue weighted by molar-refractivity contribution is 5.92. The van der Waals surface area contributed by atoms with Gasteiger partial charge in [-0.3, -0.25) is 9.59 Å². The number of amides is 2. The third kappa shape index (κ3) is 3.44. The SMILES string of the molecule is CCN1CC(=O)N(Cc2ccc(CNC3CC3)o2)CC1=O. The van der Waals surface area contributed by atoms with Crippen LogP contribution in [0.3, 0.4) is 0 Å². The van der Waals surface area contributed by atoms with Crippen molar-refractivity contribution in [3.05, 3.63) is 23.7 Å². The molecule has 0 bridgehead atoms. The second kappa shape index (κ2) is 5.89. The smallest absolute Gasteiger partial charge is 0.243 e. The van der Waals surface area contributed by atoms with Crippen LogP contribution in [0.1, 0.15) is 31.3 Å². The maximum Gasteiger partial charge on any atom is 0.243 e. The van der Waals surface area contributed by atoms with Crippen LogP contribution in [-0.2, 0) is 22.7 Å². The monoisotopic (exact) mass is 291 g/mol. The van der Waals surface area contributed by atoms with Gasteiger partial charge >= 0.3 is 0 Å². The van der Waals surface area contributed by atoms with E-state index in [0.29, 0.717) is 19.1 Å². The Kier molecular flexibility index (Phi) is 3.96. The molecule has 1 aliphatic heterocycles. The summed E-state index contributed by atoms with van der Waals surface area (Å²) < 4.78 is 5.72. The Hall–Kier alpha value is -1.82. The fourth-order valence-corrected chi connectivity index (χ4v) is 2.46. The molecular formula is C15H21N3O3. The van der Waals surface area contributed by atoms with E-state index >= 15 is 0 Å². The molecule has 1 saturated heterocycles. The van der Waals surface area contributed by atoms with Crippen LogP contribution in [-0.4, -0.2) is 47.3 Å². The van der Waals surface area contributed by atoms with Gasteiger partial charge < -0.3 is 19.5 Å². The number of piperazine rings is 1. The Morgan fingerprint density at radius 1 is 1.14 bits per heavy atom. The number of rotatable bonds is 6. The molecule has 6 nitrogen and oxygen atoms in total. The highest BCUT2D eigenvalue weighted by atomic mass is 16.3. The number of nitrogens with one attached hydrogen (secondary N) is 1. The summed E-state index contributed by atoms with van der Waals surface area (Å²) in [6.45, 7) is 3.87. The minimum Gasteiger partial charge on any atom is -0.463 e. The summed E-state index contributed by atoms with van der Waals surface area (Å²) in [5.41, 5.74) is 0. The predicted octanol–water partition coefficient (Wildman–Crippen LogP) is 0.722. The minimum absolute atomic E-state index is 0.000667. The van der Waals surface area contributed by atoms with Crippen LogP contribution in [0, 0.1) is 0 Å². The molecule has 1 aliphatic carbocycles. The number of furan rings is 1. The van der Waals surface area contributed by atoms with E-state index in [1.165, 1.54) is 12.8 Å². The topological polar surface area (TPSA) is 65.8 Å². The Balaban J connectivity index is 1.55. The van der Waals surface area contributed by atoms with Gasteiger partial charge in [-0.1, -0.05) is 0 Å². The molecule has 1 aromatic heterocycles. The average molecular weight is 291 g/mol. The van der Waals surface area contributed by atoms with Gasteiger partial charge in [-0.15, -0.1) is 0 Å². The summed E-state index contributed by atoms with van der Waals surface area (Å²) >= 11 is 0. The summed E-state index contributed by atoms with van der Waals surface area (Å²) in [5.74, 6) is 1.58. The highest BCUT2D eigenvalue weighted by Gasteiger charge is 2.29. The van der Waals surface area contributed by atoms with E-state index in [9.17, 15) is 9.59 Å². The summed E-state index contributed by atoms with van der Waals surface area (Å²) in [6, 6.07) is 4.45. The number of carbonyl (C=O) groups excluding carboxylic acids is 2. The third-order valence-electron chi connectivity index (χ3n) is 3.95. The highest BCUT2D eigenvalue weighted by Crippen LogP contribution is 2.20. The zero-order chi connectivity index (χ0) is 14.8. The number of nitrogens with zero attached hydrogens (tertiary/aromatic N) is 2. The van der Waals surface area contributed by atoms with E-state index in [1.54, 1.807) is 9.80 Å². The normalized spacial score (nSPS) is 19.5. The van der Waals surface area contributed by atoms with Crippen molar-refractivity contribution in [2.75, 3.05) is 19.6 Å². The van der Waals surface area contributed by atoms with Gasteiger partial charge in [0.25, 0.3) is 0 Å². The second-order valence-electron chi connectivity index (χ2n) is 5.68. The van der Waals surface area contributed by atoms with Gasteiger partial charge in [-0.2, -0.15) is 0 Å². The molecule has 2 amide bonds. The van der Waals surface area contributed by atoms with Gasteiger partial charge in [0.15, 0.2) is 0 Å². The number of hydrogen-bond acceptors (Lipinski definition) is 4. The first kappa shape index (κ1) is 14.1. The van der Waals surface area contributed by atoms with Crippen molar-refractivity contribution in [1.82, 2.24) is 15.1 Å². The lowest BCUT2D eigenvalue weighted by Gasteiger charge is -2.32. The second-order valence-corrected chi connectivity index (χ2v) is 5.68. The Labute approximate surface area is 124 Å². The minimum atomic E-state index is -0.0227. The molecular weight excluding hydrogens is 270 g/mol. The summed E-state index contributed by atoms with van der Waals surface area (Å²) in [5, 5.41) is 3.38. The maximum absolute atomic E-state index is 12.0. The number of hydrogen-bond donors (Lipinski definition) is 1. The molecule has 21 heavy (non-hydrogen) atoms. The Bertz CT molecular complexity index is 536. The van der Waals surface area contributed by atoms with Crippen molar-refractivity contribution in [2.24, 2.45) is 0 Å². The molecule has 1 saturated carbocycles. The van der Waals surface area contributed by atoms with Crippen LogP contribution in [0.5, 0.6) is 0 Å². The van der Waals surface area contributed by atoms with Crippen molar-refractivity contribution < 1.29 is 14.0 Å². The van der Waals surface area contributed by atoms with Gasteiger partial charge in [0, 0.05) is 12.6 Å². The van der Waals surface area contributed by atoms with E-state index in [2.05, 4.69) is 5.32 Å². The molecule has 6 heteroatoms. The van der Waals surface area contributed by atoms with E-state index in [0.717, 1.165) is 18.1 Å². The van der Waals surface area contributed by atoms with E-state index in [1.807, 2.05) is 19.1 Å². The lowest BCUT2D eigenvalue weighted by atomic mass is 10.2. The van der Waals surface area contributed by atoms with Gasteiger partial charge in [0.2, 0.25) is 11.8 Å². The van der Waals surface area contributed by atoms with Gasteiger partial charge in [-0.05, 0) is 31.9 Å². The first-order valence-corrected chi connectivity index (χ1v) is 7.52. The van der Waals surface area contributed by atoms with Crippen molar-refractivity contribution >= 4 is 11.8 Å². The lowest BCUT2D eigenvalue weighted by molar-refractivity contribution is -0.150. The molecule has 0 aromatic carbocycles. The van der Waals surface area contributed by atoms with E-state index < -0.39 is 0 Å². The molecule has 0 unspecified atom stereocenters. The summed E-state index contributed by atoms with van der Waals surface area (Å²) in [7, 11) is 0. The fraction of sp³-hybridized carbons (Fsp3) is 0.600. The average Bonchev–Trinajstić information content (AvgIpc) is 3.20. The van der Waals surface area contributed by atoms with Crippen molar-refractivity contribution in [3.8, 4) is 0 Å². The van der Waals surface area contributed by atoms with E-state index in [4.69, 9.17) is 4.42 Å². The van der Waals surface area contributed by atoms with Gasteiger partial charge in [0.05, 0.1) is 19.6 Å². The predicted molar refractivity (Wildman–Crippen MR) is 76.2 cm³/mol. The summed E-state index contributed by atoms with van der Waals surface area (Å²) in [4.78, 5) is 27.0. The van der Waals surface area contributed by atoms with Gasteiger partial charge in [-0.25, -0.2) is 0 Å². The molecule has 1 aromatic rings. The third-order valence-corrected chi connectivity index (χ3v) is 3.95. The van der Waals surface area contributed by atoms with Crippen molar-refractivity contribution in [1.29, 1.82) is 0 Å². The zero-order valence-electron chi connectivity index (χ0n) is 12.3. The molecule has 3 rings (SSSR count). The maximum atomic E-state index is 12.0. The summed E-state index contributed by atoms with van der Waals surface area (Å²) in [6.07, 6.45) is 2.48. The quantitative estimate of drug-likeness (QED) is 0.839. The molecule has 1 N–H and O–H groups in total. The van der Waals surface area contributed by atoms with Crippen LogP contribution in [0.15, 0.2) is 16.5 Å². The molecule has 114 valence electrons. The molecule has 0 radical (unpaired) electrons. The van der Waals surface area contributed by atoms with Gasteiger partial charge in [0.1, 0.15) is 18.1 Å². The molecule has 0 spiro atoms. The van der Waals surface area contributed by atoms with Crippen molar-refractivity contribution in [3.63, 3.8) is 0 Å². The Morgan fingerprint density at radius 3 is 2.52 bits per heavy atom. The largest absolute Gasteiger partial charge is 0.463 e. The van der Waals surface area contributed by atoms with Crippen LogP contribution in [0.2, 0.25) is 0 Å².